The Morgan fingerprint density at radius 2 is 1.95 bits per heavy atom. The van der Waals surface area contributed by atoms with Crippen LogP contribution in [0.25, 0.3) is 0 Å². The number of amides is 1. The molecule has 0 atom stereocenters. The molecule has 0 radical (unpaired) electrons. The zero-order chi connectivity index (χ0) is 14.8. The number of ether oxygens (including phenoxy) is 1. The van der Waals surface area contributed by atoms with E-state index in [1.807, 2.05) is 0 Å². The second-order valence-corrected chi connectivity index (χ2v) is 5.53. The van der Waals surface area contributed by atoms with Crippen LogP contribution >= 0.6 is 15.9 Å². The molecule has 0 aliphatic rings. The molecule has 0 saturated carbocycles. The van der Waals surface area contributed by atoms with Crippen molar-refractivity contribution in [2.75, 3.05) is 5.32 Å². The number of anilines is 1. The van der Waals surface area contributed by atoms with Crippen LogP contribution in [0, 0.1) is 0 Å². The second-order valence-electron chi connectivity index (χ2n) is 4.67. The number of nitrogens with one attached hydrogen (secondary N) is 1. The van der Waals surface area contributed by atoms with Crippen molar-refractivity contribution in [3.63, 3.8) is 0 Å². The van der Waals surface area contributed by atoms with Gasteiger partial charge in [0.15, 0.2) is 0 Å². The fraction of sp³-hybridized carbons (Fsp3) is 0.455. The minimum atomic E-state index is -4.58. The highest BCUT2D eigenvalue weighted by atomic mass is 79.9. The van der Waals surface area contributed by atoms with Gasteiger partial charge in [-0.3, -0.25) is 10.3 Å². The lowest BCUT2D eigenvalue weighted by Gasteiger charge is -2.20. The Morgan fingerprint density at radius 3 is 2.42 bits per heavy atom. The molecule has 0 aliphatic carbocycles. The second kappa shape index (κ2) is 5.36. The zero-order valence-electron chi connectivity index (χ0n) is 10.4. The monoisotopic (exact) mass is 340 g/mol. The summed E-state index contributed by atoms with van der Waals surface area (Å²) in [6.07, 6.45) is -4.45. The van der Waals surface area contributed by atoms with Crippen LogP contribution in [-0.2, 0) is 10.9 Å². The van der Waals surface area contributed by atoms with Crippen LogP contribution in [0.5, 0.6) is 0 Å². The molecule has 4 nitrogen and oxygen atoms in total. The molecular weight excluding hydrogens is 329 g/mol. The summed E-state index contributed by atoms with van der Waals surface area (Å²) in [5.74, 6) is 0. The first-order valence-corrected chi connectivity index (χ1v) is 6.01. The van der Waals surface area contributed by atoms with Gasteiger partial charge in [-0.2, -0.15) is 13.2 Å². The van der Waals surface area contributed by atoms with Crippen LogP contribution in [0.3, 0.4) is 0 Å². The minimum absolute atomic E-state index is 0.0587. The number of carbonyl (C=O) groups is 1. The smallest absolute Gasteiger partial charge is 0.433 e. The quantitative estimate of drug-likeness (QED) is 0.833. The van der Waals surface area contributed by atoms with E-state index in [0.717, 1.165) is 12.3 Å². The number of alkyl halides is 3. The number of carbonyl (C=O) groups excluding carboxylic acids is 1. The van der Waals surface area contributed by atoms with Crippen molar-refractivity contribution in [1.82, 2.24) is 4.98 Å². The maximum Gasteiger partial charge on any atom is 0.433 e. The maximum absolute atomic E-state index is 12.5. The predicted molar refractivity (Wildman–Crippen MR) is 66.8 cm³/mol. The molecule has 1 aromatic rings. The van der Waals surface area contributed by atoms with E-state index in [1.165, 1.54) is 0 Å². The molecule has 0 fully saturated rings. The topological polar surface area (TPSA) is 51.2 Å². The van der Waals surface area contributed by atoms with Gasteiger partial charge in [0.25, 0.3) is 0 Å². The van der Waals surface area contributed by atoms with Gasteiger partial charge in [0.05, 0.1) is 10.2 Å². The maximum atomic E-state index is 12.5. The fourth-order valence-electron chi connectivity index (χ4n) is 1.10. The molecule has 1 N–H and O–H groups in total. The molecule has 0 aliphatic heterocycles. The Balaban J connectivity index is 2.92. The van der Waals surface area contributed by atoms with Gasteiger partial charge in [0.2, 0.25) is 0 Å². The third-order valence-electron chi connectivity index (χ3n) is 1.78. The largest absolute Gasteiger partial charge is 0.444 e. The molecule has 0 bridgehead atoms. The normalized spacial score (nSPS) is 12.2. The van der Waals surface area contributed by atoms with Gasteiger partial charge in [-0.15, -0.1) is 0 Å². The lowest BCUT2D eigenvalue weighted by molar-refractivity contribution is -0.141. The minimum Gasteiger partial charge on any atom is -0.444 e. The first kappa shape index (κ1) is 15.7. The molecule has 8 heteroatoms. The van der Waals surface area contributed by atoms with Crippen molar-refractivity contribution in [3.8, 4) is 0 Å². The van der Waals surface area contributed by atoms with E-state index >= 15 is 0 Å². The lowest BCUT2D eigenvalue weighted by Crippen LogP contribution is -2.27. The van der Waals surface area contributed by atoms with Crippen LogP contribution < -0.4 is 5.32 Å². The fourth-order valence-corrected chi connectivity index (χ4v) is 1.42. The van der Waals surface area contributed by atoms with E-state index < -0.39 is 23.6 Å². The Kier molecular flexibility index (Phi) is 4.44. The van der Waals surface area contributed by atoms with Crippen molar-refractivity contribution < 1.29 is 22.7 Å². The molecule has 1 aromatic heterocycles. The van der Waals surface area contributed by atoms with Crippen LogP contribution in [0.2, 0.25) is 0 Å². The van der Waals surface area contributed by atoms with Gasteiger partial charge in [0.1, 0.15) is 11.3 Å². The zero-order valence-corrected chi connectivity index (χ0v) is 12.0. The Hall–Kier alpha value is -1.31. The SMILES string of the molecule is CC(C)(C)OC(=O)Nc1cc(C(F)(F)F)ncc1Br. The van der Waals surface area contributed by atoms with Gasteiger partial charge < -0.3 is 4.74 Å². The number of halogens is 4. The van der Waals surface area contributed by atoms with Crippen LogP contribution in [-0.4, -0.2) is 16.7 Å². The summed E-state index contributed by atoms with van der Waals surface area (Å²) in [4.78, 5) is 14.7. The van der Waals surface area contributed by atoms with E-state index in [1.54, 1.807) is 20.8 Å². The van der Waals surface area contributed by atoms with Crippen LogP contribution in [0.15, 0.2) is 16.7 Å². The average Bonchev–Trinajstić information content (AvgIpc) is 2.16. The lowest BCUT2D eigenvalue weighted by atomic mass is 10.2. The molecule has 1 rings (SSSR count). The highest BCUT2D eigenvalue weighted by Gasteiger charge is 2.33. The molecule has 1 amide bonds. The Labute approximate surface area is 116 Å². The molecule has 106 valence electrons. The van der Waals surface area contributed by atoms with Gasteiger partial charge in [-0.1, -0.05) is 0 Å². The summed E-state index contributed by atoms with van der Waals surface area (Å²) in [5, 5.41) is 2.23. The van der Waals surface area contributed by atoms with Gasteiger partial charge >= 0.3 is 12.3 Å². The first-order valence-electron chi connectivity index (χ1n) is 5.22. The number of hydrogen-bond acceptors (Lipinski definition) is 3. The summed E-state index contributed by atoms with van der Waals surface area (Å²) in [6, 6.07) is 0.730. The van der Waals surface area contributed by atoms with E-state index in [9.17, 15) is 18.0 Å². The van der Waals surface area contributed by atoms with E-state index in [0.29, 0.717) is 0 Å². The van der Waals surface area contributed by atoms with Crippen molar-refractivity contribution in [2.45, 2.75) is 32.5 Å². The number of pyridine rings is 1. The Bertz CT molecular complexity index is 484. The number of hydrogen-bond donors (Lipinski definition) is 1. The summed E-state index contributed by atoms with van der Waals surface area (Å²) >= 11 is 3.01. The highest BCUT2D eigenvalue weighted by molar-refractivity contribution is 9.10. The molecule has 1 heterocycles. The first-order chi connectivity index (χ1) is 8.49. The summed E-state index contributed by atoms with van der Waals surface area (Å²) in [5.41, 5.74) is -1.89. The third-order valence-corrected chi connectivity index (χ3v) is 2.41. The molecular formula is C11H12BrF3N2O2. The van der Waals surface area contributed by atoms with Crippen LogP contribution in [0.4, 0.5) is 23.7 Å². The molecule has 19 heavy (non-hydrogen) atoms. The van der Waals surface area contributed by atoms with Crippen molar-refractivity contribution in [3.05, 3.63) is 22.4 Å². The third kappa shape index (κ3) is 5.06. The average molecular weight is 341 g/mol. The van der Waals surface area contributed by atoms with Crippen molar-refractivity contribution >= 4 is 27.7 Å². The molecule has 0 saturated heterocycles. The number of aromatic nitrogens is 1. The van der Waals surface area contributed by atoms with Gasteiger partial charge in [-0.05, 0) is 42.8 Å². The summed E-state index contributed by atoms with van der Waals surface area (Å²) < 4.78 is 42.6. The predicted octanol–water partition coefficient (Wildman–Crippen LogP) is 4.21. The van der Waals surface area contributed by atoms with Crippen molar-refractivity contribution in [2.24, 2.45) is 0 Å². The van der Waals surface area contributed by atoms with Gasteiger partial charge in [0, 0.05) is 6.20 Å². The van der Waals surface area contributed by atoms with E-state index in [4.69, 9.17) is 4.74 Å². The molecule has 0 aromatic carbocycles. The van der Waals surface area contributed by atoms with E-state index in [2.05, 4.69) is 26.2 Å². The van der Waals surface area contributed by atoms with Crippen LogP contribution in [0.1, 0.15) is 26.5 Å². The summed E-state index contributed by atoms with van der Waals surface area (Å²) in [7, 11) is 0. The number of nitrogens with zero attached hydrogens (tertiary/aromatic N) is 1. The molecule has 0 unspecified atom stereocenters. The Morgan fingerprint density at radius 1 is 1.37 bits per heavy atom. The van der Waals surface area contributed by atoms with Gasteiger partial charge in [-0.25, -0.2) is 4.79 Å². The standard InChI is InChI=1S/C11H12BrF3N2O2/c1-10(2,3)19-9(18)17-7-4-8(11(13,14)15)16-5-6(7)12/h4-5H,1-3H3,(H,16,17,18). The summed E-state index contributed by atoms with van der Waals surface area (Å²) in [6.45, 7) is 4.94. The van der Waals surface area contributed by atoms with E-state index in [-0.39, 0.29) is 10.2 Å². The highest BCUT2D eigenvalue weighted by Crippen LogP contribution is 2.32. The number of rotatable bonds is 1. The van der Waals surface area contributed by atoms with Crippen molar-refractivity contribution in [1.29, 1.82) is 0 Å². The molecule has 0 spiro atoms.